The van der Waals surface area contributed by atoms with E-state index in [9.17, 15) is 0 Å². The van der Waals surface area contributed by atoms with Crippen molar-refractivity contribution in [1.82, 2.24) is 15.1 Å². The minimum atomic E-state index is 0.793. The van der Waals surface area contributed by atoms with Crippen LogP contribution >= 0.6 is 0 Å². The van der Waals surface area contributed by atoms with Gasteiger partial charge in [-0.3, -0.25) is 4.68 Å². The van der Waals surface area contributed by atoms with E-state index in [-0.39, 0.29) is 0 Å². The van der Waals surface area contributed by atoms with Gasteiger partial charge in [0.25, 0.3) is 0 Å². The van der Waals surface area contributed by atoms with Crippen LogP contribution in [0, 0.1) is 13.8 Å². The van der Waals surface area contributed by atoms with Gasteiger partial charge < -0.3 is 10.1 Å². The van der Waals surface area contributed by atoms with E-state index < -0.39 is 0 Å². The molecule has 0 saturated carbocycles. The molecular formula is C12H23N3O. The van der Waals surface area contributed by atoms with Gasteiger partial charge >= 0.3 is 0 Å². The van der Waals surface area contributed by atoms with Crippen LogP contribution in [0.3, 0.4) is 0 Å². The summed E-state index contributed by atoms with van der Waals surface area (Å²) in [5.41, 5.74) is 3.74. The van der Waals surface area contributed by atoms with Crippen LogP contribution in [0.25, 0.3) is 0 Å². The Morgan fingerprint density at radius 2 is 2.12 bits per heavy atom. The predicted molar refractivity (Wildman–Crippen MR) is 65.6 cm³/mol. The molecule has 0 atom stereocenters. The van der Waals surface area contributed by atoms with Crippen molar-refractivity contribution >= 4 is 0 Å². The highest BCUT2D eigenvalue weighted by Crippen LogP contribution is 2.13. The lowest BCUT2D eigenvalue weighted by molar-refractivity contribution is 0.188. The molecule has 0 spiro atoms. The number of aromatic nitrogens is 2. The molecule has 1 aromatic rings. The van der Waals surface area contributed by atoms with E-state index in [0.29, 0.717) is 0 Å². The summed E-state index contributed by atoms with van der Waals surface area (Å²) in [6.45, 7) is 9.97. The summed E-state index contributed by atoms with van der Waals surface area (Å²) in [5, 5.41) is 7.90. The second kappa shape index (κ2) is 6.66. The Morgan fingerprint density at radius 1 is 1.38 bits per heavy atom. The monoisotopic (exact) mass is 225 g/mol. The molecule has 4 nitrogen and oxygen atoms in total. The van der Waals surface area contributed by atoms with Crippen LogP contribution in [0.2, 0.25) is 0 Å². The average Bonchev–Trinajstić information content (AvgIpc) is 2.53. The summed E-state index contributed by atoms with van der Waals surface area (Å²) in [4.78, 5) is 0. The van der Waals surface area contributed by atoms with Gasteiger partial charge in [-0.15, -0.1) is 0 Å². The fraction of sp³-hybridized carbons (Fsp3) is 0.750. The van der Waals surface area contributed by atoms with E-state index in [1.54, 1.807) is 7.11 Å². The average molecular weight is 225 g/mol. The Bertz CT molecular complexity index is 320. The second-order valence-corrected chi connectivity index (χ2v) is 4.00. The van der Waals surface area contributed by atoms with Gasteiger partial charge in [0.1, 0.15) is 0 Å². The van der Waals surface area contributed by atoms with Crippen molar-refractivity contribution < 1.29 is 4.74 Å². The number of rotatable bonds is 7. The van der Waals surface area contributed by atoms with Gasteiger partial charge in [0, 0.05) is 38.1 Å². The van der Waals surface area contributed by atoms with Gasteiger partial charge in [-0.2, -0.15) is 5.10 Å². The van der Waals surface area contributed by atoms with Crippen molar-refractivity contribution in [2.45, 2.75) is 40.3 Å². The minimum Gasteiger partial charge on any atom is -0.385 e. The number of nitrogens with zero attached hydrogens (tertiary/aromatic N) is 2. The van der Waals surface area contributed by atoms with Crippen LogP contribution in [-0.2, 0) is 17.8 Å². The lowest BCUT2D eigenvalue weighted by Crippen LogP contribution is -2.13. The van der Waals surface area contributed by atoms with Crippen molar-refractivity contribution in [3.8, 4) is 0 Å². The number of hydrogen-bond acceptors (Lipinski definition) is 3. The molecule has 1 N–H and O–H groups in total. The van der Waals surface area contributed by atoms with Gasteiger partial charge in [-0.25, -0.2) is 0 Å². The van der Waals surface area contributed by atoms with Crippen molar-refractivity contribution in [3.05, 3.63) is 17.0 Å². The highest BCUT2D eigenvalue weighted by atomic mass is 16.5. The molecule has 16 heavy (non-hydrogen) atoms. The molecule has 4 heteroatoms. The number of aryl methyl sites for hydroxylation is 2. The van der Waals surface area contributed by atoms with Crippen LogP contribution in [0.5, 0.6) is 0 Å². The highest BCUT2D eigenvalue weighted by molar-refractivity contribution is 5.24. The lowest BCUT2D eigenvalue weighted by Gasteiger charge is -2.05. The molecule has 0 aliphatic heterocycles. The van der Waals surface area contributed by atoms with Crippen molar-refractivity contribution in [2.75, 3.05) is 20.3 Å². The molecule has 0 aromatic carbocycles. The molecular weight excluding hydrogens is 202 g/mol. The molecule has 0 unspecified atom stereocenters. The molecule has 1 rings (SSSR count). The maximum absolute atomic E-state index is 5.05. The smallest absolute Gasteiger partial charge is 0.0641 e. The van der Waals surface area contributed by atoms with E-state index in [2.05, 4.69) is 35.9 Å². The van der Waals surface area contributed by atoms with Gasteiger partial charge in [-0.1, -0.05) is 6.92 Å². The summed E-state index contributed by atoms with van der Waals surface area (Å²) in [6.07, 6.45) is 1.01. The Hall–Kier alpha value is -0.870. The molecule has 0 radical (unpaired) electrons. The summed E-state index contributed by atoms with van der Waals surface area (Å²) < 4.78 is 7.14. The third-order valence-corrected chi connectivity index (χ3v) is 2.80. The zero-order valence-corrected chi connectivity index (χ0v) is 10.8. The maximum atomic E-state index is 5.05. The fourth-order valence-corrected chi connectivity index (χ4v) is 1.82. The summed E-state index contributed by atoms with van der Waals surface area (Å²) in [6, 6.07) is 0. The normalized spacial score (nSPS) is 11.0. The van der Waals surface area contributed by atoms with E-state index in [4.69, 9.17) is 4.74 Å². The SMILES string of the molecule is CCNCc1c(C)nn(CCCOC)c1C. The maximum Gasteiger partial charge on any atom is 0.0641 e. The van der Waals surface area contributed by atoms with Crippen LogP contribution < -0.4 is 5.32 Å². The number of methoxy groups -OCH3 is 1. The van der Waals surface area contributed by atoms with E-state index >= 15 is 0 Å². The second-order valence-electron chi connectivity index (χ2n) is 4.00. The molecule has 92 valence electrons. The molecule has 0 fully saturated rings. The zero-order chi connectivity index (χ0) is 12.0. The first-order valence-electron chi connectivity index (χ1n) is 5.93. The zero-order valence-electron chi connectivity index (χ0n) is 10.8. The molecule has 0 aliphatic carbocycles. The third kappa shape index (κ3) is 3.32. The van der Waals surface area contributed by atoms with Crippen LogP contribution in [-0.4, -0.2) is 30.0 Å². The van der Waals surface area contributed by atoms with Crippen LogP contribution in [0.4, 0.5) is 0 Å². The summed E-state index contributed by atoms with van der Waals surface area (Å²) in [7, 11) is 1.73. The molecule has 0 bridgehead atoms. The quantitative estimate of drug-likeness (QED) is 0.717. The first-order chi connectivity index (χ1) is 7.70. The topological polar surface area (TPSA) is 39.1 Å². The first kappa shape index (κ1) is 13.2. The third-order valence-electron chi connectivity index (χ3n) is 2.80. The summed E-state index contributed by atoms with van der Waals surface area (Å²) in [5.74, 6) is 0. The Morgan fingerprint density at radius 3 is 2.75 bits per heavy atom. The predicted octanol–water partition coefficient (Wildman–Crippen LogP) is 1.65. The molecule has 0 aliphatic rings. The number of ether oxygens (including phenoxy) is 1. The van der Waals surface area contributed by atoms with Gasteiger partial charge in [0.05, 0.1) is 5.69 Å². The van der Waals surface area contributed by atoms with Crippen molar-refractivity contribution in [2.24, 2.45) is 0 Å². The minimum absolute atomic E-state index is 0.793. The van der Waals surface area contributed by atoms with Crippen molar-refractivity contribution in [3.63, 3.8) is 0 Å². The van der Waals surface area contributed by atoms with Crippen LogP contribution in [0.15, 0.2) is 0 Å². The van der Waals surface area contributed by atoms with Gasteiger partial charge in [0.2, 0.25) is 0 Å². The Kier molecular flexibility index (Phi) is 5.49. The van der Waals surface area contributed by atoms with Gasteiger partial charge in [0.15, 0.2) is 0 Å². The number of nitrogens with one attached hydrogen (secondary N) is 1. The van der Waals surface area contributed by atoms with E-state index in [0.717, 1.165) is 38.4 Å². The summed E-state index contributed by atoms with van der Waals surface area (Å²) >= 11 is 0. The Labute approximate surface area is 98.0 Å². The number of hydrogen-bond donors (Lipinski definition) is 1. The lowest BCUT2D eigenvalue weighted by atomic mass is 10.2. The molecule has 1 aromatic heterocycles. The standard InChI is InChI=1S/C12H23N3O/c1-5-13-9-12-10(2)14-15(11(12)3)7-6-8-16-4/h13H,5-9H2,1-4H3. The van der Waals surface area contributed by atoms with Gasteiger partial charge in [-0.05, 0) is 26.8 Å². The largest absolute Gasteiger partial charge is 0.385 e. The van der Waals surface area contributed by atoms with Crippen LogP contribution in [0.1, 0.15) is 30.3 Å². The fourth-order valence-electron chi connectivity index (χ4n) is 1.82. The highest BCUT2D eigenvalue weighted by Gasteiger charge is 2.10. The first-order valence-corrected chi connectivity index (χ1v) is 5.93. The molecule has 1 heterocycles. The van der Waals surface area contributed by atoms with Crippen molar-refractivity contribution in [1.29, 1.82) is 0 Å². The Balaban J connectivity index is 2.64. The molecule has 0 amide bonds. The van der Waals surface area contributed by atoms with E-state index in [1.807, 2.05) is 0 Å². The van der Waals surface area contributed by atoms with E-state index in [1.165, 1.54) is 11.3 Å². The molecule has 0 saturated heterocycles.